The van der Waals surface area contributed by atoms with E-state index in [0.29, 0.717) is 17.3 Å². The average molecular weight is 262 g/mol. The molecule has 2 aliphatic rings. The lowest BCUT2D eigenvalue weighted by molar-refractivity contribution is 0.0937. The van der Waals surface area contributed by atoms with Crippen molar-refractivity contribution in [2.75, 3.05) is 5.32 Å². The summed E-state index contributed by atoms with van der Waals surface area (Å²) in [4.78, 5) is 12.0. The molecular weight excluding hydrogens is 243 g/mol. The highest BCUT2D eigenvalue weighted by Gasteiger charge is 2.23. The van der Waals surface area contributed by atoms with Crippen LogP contribution >= 0.6 is 0 Å². The Hall–Kier alpha value is -1.58. The van der Waals surface area contributed by atoms with E-state index in [1.807, 2.05) is 0 Å². The fourth-order valence-electron chi connectivity index (χ4n) is 2.56. The molecule has 102 valence electrons. The van der Waals surface area contributed by atoms with Crippen LogP contribution in [0.15, 0.2) is 18.2 Å². The van der Waals surface area contributed by atoms with Gasteiger partial charge >= 0.3 is 0 Å². The molecule has 0 spiro atoms. The normalized spacial score (nSPS) is 19.4. The lowest BCUT2D eigenvalue weighted by atomic mass is 10.1. The SMILES string of the molecule is O=C(NC1CCCC1)c1ccc(NC2CC2)c(F)c1. The van der Waals surface area contributed by atoms with Crippen LogP contribution in [0.1, 0.15) is 48.9 Å². The molecule has 0 atom stereocenters. The highest BCUT2D eigenvalue weighted by molar-refractivity contribution is 5.94. The zero-order chi connectivity index (χ0) is 13.2. The second-order valence-corrected chi connectivity index (χ2v) is 5.57. The minimum atomic E-state index is -0.342. The number of rotatable bonds is 4. The fraction of sp³-hybridized carbons (Fsp3) is 0.533. The van der Waals surface area contributed by atoms with Gasteiger partial charge in [0, 0.05) is 17.6 Å². The molecule has 2 saturated carbocycles. The molecule has 2 N–H and O–H groups in total. The Balaban J connectivity index is 1.66. The van der Waals surface area contributed by atoms with E-state index in [-0.39, 0.29) is 17.8 Å². The molecular formula is C15H19FN2O. The second kappa shape index (κ2) is 5.19. The minimum Gasteiger partial charge on any atom is -0.380 e. The molecule has 19 heavy (non-hydrogen) atoms. The van der Waals surface area contributed by atoms with Gasteiger partial charge in [-0.3, -0.25) is 4.79 Å². The predicted molar refractivity (Wildman–Crippen MR) is 72.8 cm³/mol. The zero-order valence-corrected chi connectivity index (χ0v) is 10.9. The number of hydrogen-bond donors (Lipinski definition) is 2. The van der Waals surface area contributed by atoms with Crippen LogP contribution < -0.4 is 10.6 Å². The van der Waals surface area contributed by atoms with Gasteiger partial charge in [-0.25, -0.2) is 4.39 Å². The van der Waals surface area contributed by atoms with Gasteiger partial charge in [-0.1, -0.05) is 12.8 Å². The number of halogens is 1. The summed E-state index contributed by atoms with van der Waals surface area (Å²) in [5.74, 6) is -0.505. The lowest BCUT2D eigenvalue weighted by Gasteiger charge is -2.13. The predicted octanol–water partition coefficient (Wildman–Crippen LogP) is 3.07. The smallest absolute Gasteiger partial charge is 0.251 e. The minimum absolute atomic E-state index is 0.163. The molecule has 0 unspecified atom stereocenters. The molecule has 0 aromatic heterocycles. The third-order valence-corrected chi connectivity index (χ3v) is 3.86. The molecule has 1 aromatic carbocycles. The van der Waals surface area contributed by atoms with Crippen LogP contribution in [0.2, 0.25) is 0 Å². The van der Waals surface area contributed by atoms with E-state index in [4.69, 9.17) is 0 Å². The van der Waals surface area contributed by atoms with Gasteiger partial charge in [-0.15, -0.1) is 0 Å². The van der Waals surface area contributed by atoms with Crippen LogP contribution in [0, 0.1) is 5.82 Å². The van der Waals surface area contributed by atoms with Crippen LogP contribution in [0.3, 0.4) is 0 Å². The number of benzene rings is 1. The maximum atomic E-state index is 13.9. The molecule has 0 saturated heterocycles. The second-order valence-electron chi connectivity index (χ2n) is 5.57. The van der Waals surface area contributed by atoms with Gasteiger partial charge in [-0.2, -0.15) is 0 Å². The van der Waals surface area contributed by atoms with Crippen molar-refractivity contribution >= 4 is 11.6 Å². The first-order chi connectivity index (χ1) is 9.22. The third kappa shape index (κ3) is 3.06. The third-order valence-electron chi connectivity index (χ3n) is 3.86. The molecule has 0 heterocycles. The molecule has 2 aliphatic carbocycles. The van der Waals surface area contributed by atoms with E-state index >= 15 is 0 Å². The van der Waals surface area contributed by atoms with E-state index in [0.717, 1.165) is 25.7 Å². The highest BCUT2D eigenvalue weighted by atomic mass is 19.1. The number of nitrogens with one attached hydrogen (secondary N) is 2. The van der Waals surface area contributed by atoms with Gasteiger partial charge in [0.1, 0.15) is 5.82 Å². The molecule has 3 rings (SSSR count). The Labute approximate surface area is 112 Å². The van der Waals surface area contributed by atoms with Crippen molar-refractivity contribution in [1.29, 1.82) is 0 Å². The van der Waals surface area contributed by atoms with E-state index in [2.05, 4.69) is 10.6 Å². The Kier molecular flexibility index (Phi) is 3.40. The fourth-order valence-corrected chi connectivity index (χ4v) is 2.56. The Morgan fingerprint density at radius 1 is 1.11 bits per heavy atom. The van der Waals surface area contributed by atoms with Gasteiger partial charge in [0.05, 0.1) is 5.69 Å². The van der Waals surface area contributed by atoms with E-state index in [1.54, 1.807) is 12.1 Å². The van der Waals surface area contributed by atoms with E-state index in [9.17, 15) is 9.18 Å². The number of amides is 1. The first-order valence-corrected chi connectivity index (χ1v) is 7.09. The van der Waals surface area contributed by atoms with Gasteiger partial charge < -0.3 is 10.6 Å². The molecule has 3 nitrogen and oxygen atoms in total. The van der Waals surface area contributed by atoms with Crippen molar-refractivity contribution in [2.24, 2.45) is 0 Å². The molecule has 2 fully saturated rings. The molecule has 1 amide bonds. The van der Waals surface area contributed by atoms with Crippen molar-refractivity contribution in [1.82, 2.24) is 5.32 Å². The zero-order valence-electron chi connectivity index (χ0n) is 10.9. The first kappa shape index (κ1) is 12.5. The van der Waals surface area contributed by atoms with Gasteiger partial charge in [0.2, 0.25) is 0 Å². The summed E-state index contributed by atoms with van der Waals surface area (Å²) in [6.45, 7) is 0. The Morgan fingerprint density at radius 2 is 1.84 bits per heavy atom. The topological polar surface area (TPSA) is 41.1 Å². The van der Waals surface area contributed by atoms with E-state index in [1.165, 1.54) is 18.9 Å². The van der Waals surface area contributed by atoms with Gasteiger partial charge in [-0.05, 0) is 43.9 Å². The standard InChI is InChI=1S/C15H19FN2O/c16-13-9-10(5-8-14(13)17-12-6-7-12)15(19)18-11-3-1-2-4-11/h5,8-9,11-12,17H,1-4,6-7H2,(H,18,19). The van der Waals surface area contributed by atoms with Crippen molar-refractivity contribution in [2.45, 2.75) is 50.6 Å². The first-order valence-electron chi connectivity index (χ1n) is 7.09. The van der Waals surface area contributed by atoms with Crippen LogP contribution in [0.5, 0.6) is 0 Å². The van der Waals surface area contributed by atoms with Crippen molar-refractivity contribution in [3.8, 4) is 0 Å². The summed E-state index contributed by atoms with van der Waals surface area (Å²) in [6.07, 6.45) is 6.62. The lowest BCUT2D eigenvalue weighted by Crippen LogP contribution is -2.32. The van der Waals surface area contributed by atoms with Crippen LogP contribution in [-0.4, -0.2) is 18.0 Å². The molecule has 0 aliphatic heterocycles. The number of hydrogen-bond acceptors (Lipinski definition) is 2. The Morgan fingerprint density at radius 3 is 2.47 bits per heavy atom. The summed E-state index contributed by atoms with van der Waals surface area (Å²) < 4.78 is 13.9. The summed E-state index contributed by atoms with van der Waals surface area (Å²) in [6, 6.07) is 5.36. The summed E-state index contributed by atoms with van der Waals surface area (Å²) in [5, 5.41) is 6.09. The van der Waals surface area contributed by atoms with Crippen LogP contribution in [-0.2, 0) is 0 Å². The number of carbonyl (C=O) groups is 1. The van der Waals surface area contributed by atoms with Crippen LogP contribution in [0.4, 0.5) is 10.1 Å². The summed E-state index contributed by atoms with van der Waals surface area (Å²) in [7, 11) is 0. The molecule has 0 radical (unpaired) electrons. The van der Waals surface area contributed by atoms with Crippen molar-refractivity contribution < 1.29 is 9.18 Å². The van der Waals surface area contributed by atoms with Gasteiger partial charge in [0.15, 0.2) is 0 Å². The monoisotopic (exact) mass is 262 g/mol. The van der Waals surface area contributed by atoms with E-state index < -0.39 is 0 Å². The average Bonchev–Trinajstić information content (AvgIpc) is 3.07. The maximum Gasteiger partial charge on any atom is 0.251 e. The maximum absolute atomic E-state index is 13.9. The number of anilines is 1. The van der Waals surface area contributed by atoms with Crippen molar-refractivity contribution in [3.05, 3.63) is 29.6 Å². The quantitative estimate of drug-likeness (QED) is 0.875. The summed E-state index contributed by atoms with van der Waals surface area (Å²) in [5.41, 5.74) is 0.908. The molecule has 1 aromatic rings. The van der Waals surface area contributed by atoms with Crippen LogP contribution in [0.25, 0.3) is 0 Å². The Bertz CT molecular complexity index is 479. The summed E-state index contributed by atoms with van der Waals surface area (Å²) >= 11 is 0. The number of carbonyl (C=O) groups excluding carboxylic acids is 1. The molecule has 4 heteroatoms. The highest BCUT2D eigenvalue weighted by Crippen LogP contribution is 2.26. The molecule has 0 bridgehead atoms. The van der Waals surface area contributed by atoms with Crippen molar-refractivity contribution in [3.63, 3.8) is 0 Å². The largest absolute Gasteiger partial charge is 0.380 e. The van der Waals surface area contributed by atoms with Gasteiger partial charge in [0.25, 0.3) is 5.91 Å².